The number of fused-ring (bicyclic) bond motifs is 1. The summed E-state index contributed by atoms with van der Waals surface area (Å²) in [6.07, 6.45) is 1.45. The normalized spacial score (nSPS) is 14.0. The highest BCUT2D eigenvalue weighted by Gasteiger charge is 2.23. The van der Waals surface area contributed by atoms with Crippen LogP contribution >= 0.6 is 0 Å². The Bertz CT molecular complexity index is 996. The molecule has 3 aromatic rings. The lowest BCUT2D eigenvalue weighted by Gasteiger charge is -2.20. The summed E-state index contributed by atoms with van der Waals surface area (Å²) in [6, 6.07) is 21.4. The fourth-order valence-electron chi connectivity index (χ4n) is 3.42. The first-order valence-electron chi connectivity index (χ1n) is 8.81. The molecule has 0 atom stereocenters. The molecule has 1 heterocycles. The quantitative estimate of drug-likeness (QED) is 0.713. The summed E-state index contributed by atoms with van der Waals surface area (Å²) in [5.41, 5.74) is 2.22. The van der Waals surface area contributed by atoms with Crippen LogP contribution in [0.15, 0.2) is 66.7 Å². The molecule has 0 bridgehead atoms. The fourth-order valence-corrected chi connectivity index (χ4v) is 3.42. The van der Waals surface area contributed by atoms with Gasteiger partial charge >= 0.3 is 0 Å². The fraction of sp³-hybridized carbons (Fsp3) is 0.182. The van der Waals surface area contributed by atoms with Crippen LogP contribution in [0.5, 0.6) is 0 Å². The number of hydrogen-bond acceptors (Lipinski definition) is 2. The number of hydrogen-bond donors (Lipinski definition) is 0. The van der Waals surface area contributed by atoms with E-state index in [0.29, 0.717) is 12.0 Å². The maximum absolute atomic E-state index is 13.0. The lowest BCUT2D eigenvalue weighted by atomic mass is 10.1. The summed E-state index contributed by atoms with van der Waals surface area (Å²) in [5.74, 6) is 0.0336. The van der Waals surface area contributed by atoms with Gasteiger partial charge in [-0.2, -0.15) is 0 Å². The summed E-state index contributed by atoms with van der Waals surface area (Å²) in [4.78, 5) is 28.3. The van der Waals surface area contributed by atoms with E-state index in [0.717, 1.165) is 35.1 Å². The molecule has 4 rings (SSSR count). The zero-order valence-corrected chi connectivity index (χ0v) is 14.7. The van der Waals surface area contributed by atoms with Crippen LogP contribution < -0.4 is 9.80 Å². The van der Waals surface area contributed by atoms with Crippen LogP contribution in [0.3, 0.4) is 0 Å². The van der Waals surface area contributed by atoms with Crippen molar-refractivity contribution in [3.63, 3.8) is 0 Å². The summed E-state index contributed by atoms with van der Waals surface area (Å²) >= 11 is 0. The summed E-state index contributed by atoms with van der Waals surface area (Å²) in [5, 5.41) is 2.24. The molecule has 4 heteroatoms. The topological polar surface area (TPSA) is 40.6 Å². The molecule has 0 saturated carbocycles. The summed E-state index contributed by atoms with van der Waals surface area (Å²) in [6.45, 7) is 0.719. The average molecular weight is 344 g/mol. The molecular formula is C22H20N2O2. The van der Waals surface area contributed by atoms with Gasteiger partial charge in [-0.1, -0.05) is 36.4 Å². The first-order valence-corrected chi connectivity index (χ1v) is 8.81. The lowest BCUT2D eigenvalue weighted by Crippen LogP contribution is -2.27. The SMILES string of the molecule is CN(C(=O)c1cccc(N2CCCC2=O)c1)c1ccc2ccccc2c1. The highest BCUT2D eigenvalue weighted by molar-refractivity contribution is 6.07. The van der Waals surface area contributed by atoms with Crippen molar-refractivity contribution in [3.05, 3.63) is 72.3 Å². The maximum atomic E-state index is 13.0. The molecule has 1 saturated heterocycles. The third-order valence-electron chi connectivity index (χ3n) is 4.90. The van der Waals surface area contributed by atoms with Gasteiger partial charge in [0.2, 0.25) is 5.91 Å². The van der Waals surface area contributed by atoms with E-state index in [2.05, 4.69) is 6.07 Å². The number of anilines is 2. The molecular weight excluding hydrogens is 324 g/mol. The van der Waals surface area contributed by atoms with E-state index in [-0.39, 0.29) is 11.8 Å². The Balaban J connectivity index is 1.62. The molecule has 1 aliphatic heterocycles. The third-order valence-corrected chi connectivity index (χ3v) is 4.90. The molecule has 0 unspecified atom stereocenters. The molecule has 2 amide bonds. The van der Waals surface area contributed by atoms with E-state index in [4.69, 9.17) is 0 Å². The number of carbonyl (C=O) groups is 2. The Kier molecular flexibility index (Phi) is 4.17. The second-order valence-corrected chi connectivity index (χ2v) is 6.59. The molecule has 26 heavy (non-hydrogen) atoms. The molecule has 1 aliphatic rings. The second-order valence-electron chi connectivity index (χ2n) is 6.59. The van der Waals surface area contributed by atoms with Crippen molar-refractivity contribution < 1.29 is 9.59 Å². The zero-order valence-electron chi connectivity index (χ0n) is 14.7. The van der Waals surface area contributed by atoms with Crippen LogP contribution in [0, 0.1) is 0 Å². The maximum Gasteiger partial charge on any atom is 0.258 e. The van der Waals surface area contributed by atoms with Crippen LogP contribution in [0.2, 0.25) is 0 Å². The van der Waals surface area contributed by atoms with E-state index in [1.807, 2.05) is 54.6 Å². The Morgan fingerprint density at radius 2 is 1.77 bits per heavy atom. The Morgan fingerprint density at radius 1 is 0.962 bits per heavy atom. The van der Waals surface area contributed by atoms with Crippen molar-refractivity contribution in [3.8, 4) is 0 Å². The smallest absolute Gasteiger partial charge is 0.258 e. The molecule has 0 spiro atoms. The minimum absolute atomic E-state index is 0.0891. The lowest BCUT2D eigenvalue weighted by molar-refractivity contribution is -0.117. The van der Waals surface area contributed by atoms with Crippen molar-refractivity contribution in [2.75, 3.05) is 23.4 Å². The van der Waals surface area contributed by atoms with Crippen LogP contribution in [0.4, 0.5) is 11.4 Å². The van der Waals surface area contributed by atoms with E-state index < -0.39 is 0 Å². The van der Waals surface area contributed by atoms with Crippen LogP contribution in [0.25, 0.3) is 10.8 Å². The van der Waals surface area contributed by atoms with Crippen LogP contribution in [0.1, 0.15) is 23.2 Å². The molecule has 1 fully saturated rings. The molecule has 4 nitrogen and oxygen atoms in total. The highest BCUT2D eigenvalue weighted by atomic mass is 16.2. The number of amides is 2. The Labute approximate surface area is 152 Å². The van der Waals surface area contributed by atoms with Crippen LogP contribution in [-0.4, -0.2) is 25.4 Å². The van der Waals surface area contributed by atoms with Gasteiger partial charge in [-0.15, -0.1) is 0 Å². The van der Waals surface area contributed by atoms with Gasteiger partial charge < -0.3 is 9.80 Å². The van der Waals surface area contributed by atoms with Crippen molar-refractivity contribution >= 4 is 34.0 Å². The zero-order chi connectivity index (χ0) is 18.1. The second kappa shape index (κ2) is 6.64. The summed E-state index contributed by atoms with van der Waals surface area (Å²) in [7, 11) is 1.78. The molecule has 0 N–H and O–H groups in total. The number of benzene rings is 3. The molecule has 130 valence electrons. The first kappa shape index (κ1) is 16.3. The van der Waals surface area contributed by atoms with Gasteiger partial charge in [0.15, 0.2) is 0 Å². The monoisotopic (exact) mass is 344 g/mol. The third kappa shape index (κ3) is 2.94. The molecule has 3 aromatic carbocycles. The van der Waals surface area contributed by atoms with E-state index in [1.165, 1.54) is 0 Å². The number of carbonyl (C=O) groups excluding carboxylic acids is 2. The standard InChI is InChI=1S/C22H20N2O2/c1-23(19-12-11-16-6-2-3-7-17(16)14-19)22(26)18-8-4-9-20(15-18)24-13-5-10-21(24)25/h2-4,6-9,11-12,14-15H,5,10,13H2,1H3. The number of nitrogens with zero attached hydrogens (tertiary/aromatic N) is 2. The van der Waals surface area contributed by atoms with E-state index >= 15 is 0 Å². The average Bonchev–Trinajstić information content (AvgIpc) is 3.12. The van der Waals surface area contributed by atoms with Crippen LogP contribution in [-0.2, 0) is 4.79 Å². The molecule has 0 aromatic heterocycles. The highest BCUT2D eigenvalue weighted by Crippen LogP contribution is 2.25. The van der Waals surface area contributed by atoms with Gasteiger partial charge in [-0.05, 0) is 47.5 Å². The van der Waals surface area contributed by atoms with Gasteiger partial charge in [0.05, 0.1) is 0 Å². The van der Waals surface area contributed by atoms with Gasteiger partial charge in [0, 0.05) is 37.0 Å². The minimum atomic E-state index is -0.0891. The number of rotatable bonds is 3. The first-order chi connectivity index (χ1) is 12.6. The largest absolute Gasteiger partial charge is 0.312 e. The predicted octanol–water partition coefficient (Wildman–Crippen LogP) is 4.24. The minimum Gasteiger partial charge on any atom is -0.312 e. The summed E-state index contributed by atoms with van der Waals surface area (Å²) < 4.78 is 0. The van der Waals surface area contributed by atoms with Crippen molar-refractivity contribution in [1.29, 1.82) is 0 Å². The Morgan fingerprint density at radius 3 is 2.54 bits per heavy atom. The van der Waals surface area contributed by atoms with E-state index in [9.17, 15) is 9.59 Å². The van der Waals surface area contributed by atoms with Crippen molar-refractivity contribution in [2.45, 2.75) is 12.8 Å². The Hall–Kier alpha value is -3.14. The van der Waals surface area contributed by atoms with Crippen molar-refractivity contribution in [2.24, 2.45) is 0 Å². The molecule has 0 radical (unpaired) electrons. The van der Waals surface area contributed by atoms with Gasteiger partial charge in [-0.25, -0.2) is 0 Å². The van der Waals surface area contributed by atoms with Crippen molar-refractivity contribution in [1.82, 2.24) is 0 Å². The molecule has 0 aliphatic carbocycles. The predicted molar refractivity (Wildman–Crippen MR) is 105 cm³/mol. The van der Waals surface area contributed by atoms with Gasteiger partial charge in [-0.3, -0.25) is 9.59 Å². The van der Waals surface area contributed by atoms with E-state index in [1.54, 1.807) is 22.9 Å². The van der Waals surface area contributed by atoms with Gasteiger partial charge in [0.1, 0.15) is 0 Å². The van der Waals surface area contributed by atoms with Gasteiger partial charge in [0.25, 0.3) is 5.91 Å².